The number of Topliss-reactive ketones (excluding diaryl/α,β-unsaturated/α-hetero) is 1. The molecule has 0 aliphatic heterocycles. The third-order valence-electron chi connectivity index (χ3n) is 6.79. The lowest BCUT2D eigenvalue weighted by Gasteiger charge is -2.18. The van der Waals surface area contributed by atoms with E-state index in [1.807, 2.05) is 98.8 Å². The van der Waals surface area contributed by atoms with Gasteiger partial charge in [0.25, 0.3) is 11.8 Å². The Morgan fingerprint density at radius 3 is 1.21 bits per heavy atom. The molecule has 0 bridgehead atoms. The summed E-state index contributed by atoms with van der Waals surface area (Å²) >= 11 is 0. The van der Waals surface area contributed by atoms with Crippen molar-refractivity contribution in [2.24, 2.45) is 0 Å². The number of hydrogen-bond acceptors (Lipinski definition) is 3. The maximum absolute atomic E-state index is 13.2. The Balaban J connectivity index is 1.32. The van der Waals surface area contributed by atoms with Crippen LogP contribution in [0, 0.1) is 0 Å². The van der Waals surface area contributed by atoms with Gasteiger partial charge in [0.05, 0.1) is 0 Å². The van der Waals surface area contributed by atoms with E-state index in [1.165, 1.54) is 0 Å². The molecule has 2 amide bonds. The van der Waals surface area contributed by atoms with Crippen molar-refractivity contribution < 1.29 is 14.4 Å². The van der Waals surface area contributed by atoms with Crippen LogP contribution in [-0.2, 0) is 17.9 Å². The molecule has 4 aromatic carbocycles. The van der Waals surface area contributed by atoms with Crippen LogP contribution in [0.2, 0.25) is 0 Å². The summed E-state index contributed by atoms with van der Waals surface area (Å²) in [4.78, 5) is 38.3. The molecule has 0 radical (unpaired) electrons. The van der Waals surface area contributed by atoms with Gasteiger partial charge >= 0.3 is 0 Å². The number of amides is 2. The van der Waals surface area contributed by atoms with E-state index < -0.39 is 0 Å². The zero-order valence-electron chi connectivity index (χ0n) is 21.7. The van der Waals surface area contributed by atoms with Crippen LogP contribution in [0.4, 0.5) is 0 Å². The molecular formula is C33H32N2O3. The normalized spacial score (nSPS) is 12.3. The van der Waals surface area contributed by atoms with Crippen LogP contribution in [-0.4, -0.2) is 17.6 Å². The Labute approximate surface area is 223 Å². The van der Waals surface area contributed by atoms with E-state index in [0.29, 0.717) is 24.2 Å². The molecule has 4 aromatic rings. The van der Waals surface area contributed by atoms with Gasteiger partial charge in [0.15, 0.2) is 0 Å². The van der Waals surface area contributed by atoms with Crippen molar-refractivity contribution in [1.29, 1.82) is 0 Å². The molecule has 2 atom stereocenters. The molecule has 0 fully saturated rings. The first-order valence-corrected chi connectivity index (χ1v) is 12.8. The monoisotopic (exact) mass is 504 g/mol. The van der Waals surface area contributed by atoms with Gasteiger partial charge in [-0.25, -0.2) is 0 Å². The van der Waals surface area contributed by atoms with Crippen molar-refractivity contribution in [3.05, 3.63) is 143 Å². The largest absolute Gasteiger partial charge is 0.348 e. The molecule has 192 valence electrons. The molecule has 0 saturated carbocycles. The number of hydrogen-bond donors (Lipinski definition) is 2. The molecule has 0 heterocycles. The summed E-state index contributed by atoms with van der Waals surface area (Å²) in [5, 5.41) is 5.84. The highest BCUT2D eigenvalue weighted by molar-refractivity contribution is 5.96. The van der Waals surface area contributed by atoms with Crippen molar-refractivity contribution in [3.8, 4) is 0 Å². The predicted molar refractivity (Wildman–Crippen MR) is 150 cm³/mol. The second-order valence-corrected chi connectivity index (χ2v) is 9.43. The summed E-state index contributed by atoms with van der Waals surface area (Å²) < 4.78 is 0. The van der Waals surface area contributed by atoms with Gasteiger partial charge < -0.3 is 10.6 Å². The lowest BCUT2D eigenvalue weighted by Crippen LogP contribution is -2.23. The number of benzene rings is 4. The van der Waals surface area contributed by atoms with Crippen molar-refractivity contribution in [2.45, 2.75) is 38.8 Å². The van der Waals surface area contributed by atoms with Crippen LogP contribution >= 0.6 is 0 Å². The zero-order valence-corrected chi connectivity index (χ0v) is 21.7. The summed E-state index contributed by atoms with van der Waals surface area (Å²) in [7, 11) is 0. The number of ketones is 1. The van der Waals surface area contributed by atoms with Crippen LogP contribution in [0.1, 0.15) is 68.7 Å². The van der Waals surface area contributed by atoms with Gasteiger partial charge in [-0.1, -0.05) is 98.8 Å². The Morgan fingerprint density at radius 1 is 0.526 bits per heavy atom. The Hall–Kier alpha value is -4.51. The molecule has 0 aliphatic carbocycles. The van der Waals surface area contributed by atoms with E-state index >= 15 is 0 Å². The second kappa shape index (κ2) is 12.6. The highest BCUT2D eigenvalue weighted by atomic mass is 16.2. The summed E-state index contributed by atoms with van der Waals surface area (Å²) in [6.07, 6.45) is 0. The predicted octanol–water partition coefficient (Wildman–Crippen LogP) is 6.02. The Kier molecular flexibility index (Phi) is 8.83. The van der Waals surface area contributed by atoms with E-state index in [1.54, 1.807) is 24.3 Å². The van der Waals surface area contributed by atoms with Crippen molar-refractivity contribution >= 4 is 17.6 Å². The quantitative estimate of drug-likeness (QED) is 0.277. The van der Waals surface area contributed by atoms with Gasteiger partial charge in [-0.15, -0.1) is 0 Å². The van der Waals surface area contributed by atoms with E-state index in [2.05, 4.69) is 10.6 Å². The molecule has 0 spiro atoms. The highest BCUT2D eigenvalue weighted by Gasteiger charge is 2.23. The topological polar surface area (TPSA) is 75.3 Å². The van der Waals surface area contributed by atoms with E-state index in [9.17, 15) is 14.4 Å². The van der Waals surface area contributed by atoms with Crippen LogP contribution in [0.25, 0.3) is 0 Å². The second-order valence-electron chi connectivity index (χ2n) is 9.43. The maximum Gasteiger partial charge on any atom is 0.251 e. The van der Waals surface area contributed by atoms with Gasteiger partial charge in [0.2, 0.25) is 0 Å². The van der Waals surface area contributed by atoms with E-state index in [0.717, 1.165) is 22.3 Å². The van der Waals surface area contributed by atoms with Crippen LogP contribution in [0.5, 0.6) is 0 Å². The number of rotatable bonds is 10. The average molecular weight is 505 g/mol. The van der Waals surface area contributed by atoms with E-state index in [4.69, 9.17) is 0 Å². The molecule has 2 N–H and O–H groups in total. The smallest absolute Gasteiger partial charge is 0.251 e. The van der Waals surface area contributed by atoms with Crippen molar-refractivity contribution in [2.75, 3.05) is 0 Å². The van der Waals surface area contributed by atoms with E-state index in [-0.39, 0.29) is 29.4 Å². The molecule has 2 unspecified atom stereocenters. The summed E-state index contributed by atoms with van der Waals surface area (Å²) in [5.74, 6) is -0.894. The number of carbonyl (C=O) groups is 3. The summed E-state index contributed by atoms with van der Waals surface area (Å²) in [6, 6.07) is 33.9. The lowest BCUT2D eigenvalue weighted by molar-refractivity contribution is -0.121. The van der Waals surface area contributed by atoms with Crippen LogP contribution < -0.4 is 10.6 Å². The maximum atomic E-state index is 13.2. The fraction of sp³-hybridized carbons (Fsp3) is 0.182. The average Bonchev–Trinajstić information content (AvgIpc) is 2.98. The zero-order chi connectivity index (χ0) is 26.9. The van der Waals surface area contributed by atoms with Gasteiger partial charge in [-0.2, -0.15) is 0 Å². The molecule has 4 rings (SSSR count). The molecule has 5 nitrogen and oxygen atoms in total. The first-order chi connectivity index (χ1) is 18.4. The molecular weight excluding hydrogens is 472 g/mol. The molecule has 0 saturated heterocycles. The third-order valence-corrected chi connectivity index (χ3v) is 6.79. The molecule has 0 aliphatic rings. The minimum atomic E-state index is -0.333. The first kappa shape index (κ1) is 26.6. The van der Waals surface area contributed by atoms with Gasteiger partial charge in [0.1, 0.15) is 5.78 Å². The molecule has 0 aromatic heterocycles. The SMILES string of the molecule is CC(C(=O)C(C)c1ccc(C(=O)NCc2ccccc2)cc1)c1ccc(C(=O)NCc2ccccc2)cc1. The van der Waals surface area contributed by atoms with Crippen LogP contribution in [0.3, 0.4) is 0 Å². The Morgan fingerprint density at radius 2 is 0.868 bits per heavy atom. The summed E-state index contributed by atoms with van der Waals surface area (Å²) in [5.41, 5.74) is 4.90. The summed E-state index contributed by atoms with van der Waals surface area (Å²) in [6.45, 7) is 4.69. The Bertz CT molecular complexity index is 1260. The van der Waals surface area contributed by atoms with Crippen molar-refractivity contribution in [3.63, 3.8) is 0 Å². The van der Waals surface area contributed by atoms with Gasteiger partial charge in [-0.05, 0) is 46.5 Å². The van der Waals surface area contributed by atoms with Gasteiger partial charge in [0, 0.05) is 36.1 Å². The molecule has 5 heteroatoms. The number of carbonyl (C=O) groups excluding carboxylic acids is 3. The first-order valence-electron chi connectivity index (χ1n) is 12.8. The highest BCUT2D eigenvalue weighted by Crippen LogP contribution is 2.26. The third kappa shape index (κ3) is 6.83. The minimum absolute atomic E-state index is 0.0764. The van der Waals surface area contributed by atoms with Gasteiger partial charge in [-0.3, -0.25) is 14.4 Å². The fourth-order valence-electron chi connectivity index (χ4n) is 4.31. The molecule has 38 heavy (non-hydrogen) atoms. The minimum Gasteiger partial charge on any atom is -0.348 e. The standard InChI is InChI=1S/C33H32N2O3/c1-23(27-13-17-29(18-14-27)32(37)34-21-25-9-5-3-6-10-25)31(36)24(2)28-15-19-30(20-16-28)33(38)35-22-26-11-7-4-8-12-26/h3-20,23-24H,21-22H2,1-2H3,(H,34,37)(H,35,38). The lowest BCUT2D eigenvalue weighted by atomic mass is 9.85. The fourth-order valence-corrected chi connectivity index (χ4v) is 4.31. The van der Waals surface area contributed by atoms with Crippen LogP contribution in [0.15, 0.2) is 109 Å². The number of nitrogens with one attached hydrogen (secondary N) is 2. The van der Waals surface area contributed by atoms with Crippen molar-refractivity contribution in [1.82, 2.24) is 10.6 Å².